The number of pyridine rings is 1. The summed E-state index contributed by atoms with van der Waals surface area (Å²) in [5.74, 6) is 0.0811. The van der Waals surface area contributed by atoms with E-state index in [2.05, 4.69) is 25.4 Å². The number of nitrogens with zero attached hydrogens (tertiary/aromatic N) is 4. The third kappa shape index (κ3) is 3.89. The van der Waals surface area contributed by atoms with Crippen LogP contribution in [0.4, 0.5) is 0 Å². The molecule has 1 unspecified atom stereocenters. The smallest absolute Gasteiger partial charge is 0.255 e. The minimum atomic E-state index is 0. The molecule has 0 saturated carbocycles. The van der Waals surface area contributed by atoms with Gasteiger partial charge in [0.25, 0.3) is 5.91 Å². The van der Waals surface area contributed by atoms with Gasteiger partial charge in [-0.2, -0.15) is 5.10 Å². The molecule has 1 amide bonds. The van der Waals surface area contributed by atoms with Crippen molar-refractivity contribution in [2.75, 3.05) is 39.3 Å². The van der Waals surface area contributed by atoms with E-state index >= 15 is 0 Å². The molecule has 0 bridgehead atoms. The largest absolute Gasteiger partial charge is 0.337 e. The van der Waals surface area contributed by atoms with E-state index in [-0.39, 0.29) is 30.7 Å². The van der Waals surface area contributed by atoms with Gasteiger partial charge >= 0.3 is 0 Å². The number of piperazine rings is 1. The zero-order valence-corrected chi connectivity index (χ0v) is 15.8. The summed E-state index contributed by atoms with van der Waals surface area (Å²) in [7, 11) is 0. The molecule has 0 aromatic carbocycles. The number of aromatic amines is 1. The molecule has 0 aliphatic carbocycles. The van der Waals surface area contributed by atoms with Crippen LogP contribution < -0.4 is 5.32 Å². The second-order valence-electron chi connectivity index (χ2n) is 6.42. The van der Waals surface area contributed by atoms with Crippen LogP contribution in [-0.2, 0) is 0 Å². The number of nitrogens with one attached hydrogen (secondary N) is 2. The molecule has 7 nitrogen and oxygen atoms in total. The van der Waals surface area contributed by atoms with Gasteiger partial charge in [0.1, 0.15) is 0 Å². The van der Waals surface area contributed by atoms with E-state index in [1.807, 2.05) is 17.9 Å². The Kier molecular flexibility index (Phi) is 6.62. The van der Waals surface area contributed by atoms with E-state index in [1.165, 1.54) is 0 Å². The molecule has 0 spiro atoms. The van der Waals surface area contributed by atoms with Crippen molar-refractivity contribution in [1.29, 1.82) is 0 Å². The lowest BCUT2D eigenvalue weighted by atomic mass is 10.2. The highest BCUT2D eigenvalue weighted by Crippen LogP contribution is 2.20. The van der Waals surface area contributed by atoms with Crippen LogP contribution in [0.5, 0.6) is 0 Å². The molecule has 2 saturated heterocycles. The Hall–Kier alpha value is -1.41. The third-order valence-electron chi connectivity index (χ3n) is 4.97. The first-order valence-electron chi connectivity index (χ1n) is 8.27. The predicted octanol–water partition coefficient (Wildman–Crippen LogP) is 1.23. The Bertz CT molecular complexity index is 730. The van der Waals surface area contributed by atoms with Crippen molar-refractivity contribution in [2.45, 2.75) is 19.4 Å². The molecule has 2 fully saturated rings. The highest BCUT2D eigenvalue weighted by Gasteiger charge is 2.31. The fourth-order valence-corrected chi connectivity index (χ4v) is 3.59. The normalized spacial score (nSPS) is 21.0. The molecule has 25 heavy (non-hydrogen) atoms. The zero-order chi connectivity index (χ0) is 15.8. The number of hydrogen-bond donors (Lipinski definition) is 2. The Balaban J connectivity index is 0.00000113. The lowest BCUT2D eigenvalue weighted by molar-refractivity contribution is 0.0773. The minimum Gasteiger partial charge on any atom is -0.337 e. The van der Waals surface area contributed by atoms with Crippen molar-refractivity contribution in [1.82, 2.24) is 30.3 Å². The molecule has 9 heteroatoms. The van der Waals surface area contributed by atoms with Gasteiger partial charge in [-0.25, -0.2) is 4.98 Å². The Morgan fingerprint density at radius 1 is 1.24 bits per heavy atom. The number of carbonyl (C=O) groups is 1. The van der Waals surface area contributed by atoms with Crippen molar-refractivity contribution in [3.05, 3.63) is 23.5 Å². The summed E-state index contributed by atoms with van der Waals surface area (Å²) in [4.78, 5) is 21.5. The molecule has 2 aromatic rings. The topological polar surface area (TPSA) is 77.2 Å². The van der Waals surface area contributed by atoms with Crippen molar-refractivity contribution in [3.63, 3.8) is 0 Å². The number of amides is 1. The Morgan fingerprint density at radius 3 is 2.76 bits per heavy atom. The van der Waals surface area contributed by atoms with Crippen LogP contribution in [0.15, 0.2) is 12.3 Å². The summed E-state index contributed by atoms with van der Waals surface area (Å²) >= 11 is 0. The maximum absolute atomic E-state index is 12.8. The van der Waals surface area contributed by atoms with Crippen molar-refractivity contribution < 1.29 is 4.79 Å². The van der Waals surface area contributed by atoms with Gasteiger partial charge < -0.3 is 10.2 Å². The molecule has 138 valence electrons. The van der Waals surface area contributed by atoms with Crippen LogP contribution in [0.3, 0.4) is 0 Å². The summed E-state index contributed by atoms with van der Waals surface area (Å²) in [6, 6.07) is 2.40. The van der Waals surface area contributed by atoms with Gasteiger partial charge in [0.15, 0.2) is 5.65 Å². The number of aryl methyl sites for hydroxylation is 1. The number of carbonyl (C=O) groups excluding carboxylic acids is 1. The van der Waals surface area contributed by atoms with Crippen molar-refractivity contribution in [3.8, 4) is 0 Å². The molecule has 2 aromatic heterocycles. The van der Waals surface area contributed by atoms with E-state index in [0.29, 0.717) is 17.3 Å². The maximum Gasteiger partial charge on any atom is 0.255 e. The molecule has 2 aliphatic rings. The highest BCUT2D eigenvalue weighted by molar-refractivity contribution is 5.97. The van der Waals surface area contributed by atoms with Crippen LogP contribution in [0.2, 0.25) is 0 Å². The van der Waals surface area contributed by atoms with Gasteiger partial charge in [-0.1, -0.05) is 0 Å². The number of H-pyrrole nitrogens is 1. The second-order valence-corrected chi connectivity index (χ2v) is 6.42. The Morgan fingerprint density at radius 2 is 2.00 bits per heavy atom. The van der Waals surface area contributed by atoms with E-state index in [4.69, 9.17) is 0 Å². The highest BCUT2D eigenvalue weighted by atomic mass is 35.5. The number of likely N-dealkylation sites (tertiary alicyclic amines) is 1. The minimum absolute atomic E-state index is 0. The average molecular weight is 387 g/mol. The number of hydrogen-bond acceptors (Lipinski definition) is 5. The summed E-state index contributed by atoms with van der Waals surface area (Å²) in [6.45, 7) is 7.84. The van der Waals surface area contributed by atoms with Gasteiger partial charge in [0, 0.05) is 62.6 Å². The molecule has 4 heterocycles. The molecule has 1 atom stereocenters. The van der Waals surface area contributed by atoms with Gasteiger partial charge in [0.05, 0.1) is 5.56 Å². The number of fused-ring (bicyclic) bond motifs is 1. The third-order valence-corrected chi connectivity index (χ3v) is 4.97. The van der Waals surface area contributed by atoms with E-state index in [1.54, 1.807) is 6.20 Å². The second kappa shape index (κ2) is 8.31. The first-order chi connectivity index (χ1) is 11.2. The monoisotopic (exact) mass is 386 g/mol. The van der Waals surface area contributed by atoms with Gasteiger partial charge in [-0.05, 0) is 19.4 Å². The van der Waals surface area contributed by atoms with Crippen molar-refractivity contribution >= 4 is 41.8 Å². The van der Waals surface area contributed by atoms with Crippen LogP contribution in [-0.4, -0.2) is 76.2 Å². The number of aromatic nitrogens is 3. The fraction of sp³-hybridized carbons (Fsp3) is 0.562. The maximum atomic E-state index is 12.8. The van der Waals surface area contributed by atoms with E-state index < -0.39 is 0 Å². The number of halogens is 2. The van der Waals surface area contributed by atoms with Gasteiger partial charge in [0.2, 0.25) is 0 Å². The summed E-state index contributed by atoms with van der Waals surface area (Å²) in [5, 5.41) is 11.3. The summed E-state index contributed by atoms with van der Waals surface area (Å²) in [5.41, 5.74) is 2.27. The van der Waals surface area contributed by atoms with Crippen LogP contribution in [0.1, 0.15) is 22.5 Å². The van der Waals surface area contributed by atoms with Gasteiger partial charge in [-0.15, -0.1) is 24.8 Å². The zero-order valence-electron chi connectivity index (χ0n) is 14.2. The quantitative estimate of drug-likeness (QED) is 0.811. The molecule has 2 N–H and O–H groups in total. The molecular weight excluding hydrogens is 363 g/mol. The van der Waals surface area contributed by atoms with Gasteiger partial charge in [-0.3, -0.25) is 14.8 Å². The van der Waals surface area contributed by atoms with Crippen LogP contribution >= 0.6 is 24.8 Å². The average Bonchev–Trinajstić information content (AvgIpc) is 3.22. The lowest BCUT2D eigenvalue weighted by Gasteiger charge is -2.32. The van der Waals surface area contributed by atoms with Crippen LogP contribution in [0.25, 0.3) is 11.0 Å². The van der Waals surface area contributed by atoms with E-state index in [9.17, 15) is 4.79 Å². The molecule has 0 radical (unpaired) electrons. The summed E-state index contributed by atoms with van der Waals surface area (Å²) < 4.78 is 0. The van der Waals surface area contributed by atoms with Crippen molar-refractivity contribution in [2.24, 2.45) is 0 Å². The first-order valence-corrected chi connectivity index (χ1v) is 8.27. The molecular formula is C16H24Cl2N6O. The SMILES string of the molecule is Cc1[nH]nc2ncc(C(=O)N3CCC(N4CCNCC4)C3)cc12.Cl.Cl. The summed E-state index contributed by atoms with van der Waals surface area (Å²) in [6.07, 6.45) is 2.70. The molecule has 2 aliphatic heterocycles. The fourth-order valence-electron chi connectivity index (χ4n) is 3.59. The number of rotatable bonds is 2. The Labute approximate surface area is 159 Å². The standard InChI is InChI=1S/C16H22N6O.2ClH/c1-11-14-8-12(9-18-15(14)20-19-11)16(23)22-5-2-13(10-22)21-6-3-17-4-7-21;;/h8-9,13,17H,2-7,10H2,1H3,(H,18,19,20);2*1H. The predicted molar refractivity (Wildman–Crippen MR) is 102 cm³/mol. The van der Waals surface area contributed by atoms with E-state index in [0.717, 1.165) is 56.8 Å². The first kappa shape index (κ1) is 19.9. The molecule has 4 rings (SSSR count). The van der Waals surface area contributed by atoms with Crippen LogP contribution in [0, 0.1) is 6.92 Å². The lowest BCUT2D eigenvalue weighted by Crippen LogP contribution is -2.49.